The zero-order valence-corrected chi connectivity index (χ0v) is 18.4. The number of ether oxygens (including phenoxy) is 2. The molecule has 0 saturated carbocycles. The molecule has 1 N–H and O–H groups in total. The second kappa shape index (κ2) is 8.46. The van der Waals surface area contributed by atoms with Crippen molar-refractivity contribution in [2.24, 2.45) is 0 Å². The van der Waals surface area contributed by atoms with Gasteiger partial charge in [-0.3, -0.25) is 10.3 Å². The average Bonchev–Trinajstić information content (AvgIpc) is 2.88. The van der Waals surface area contributed by atoms with Gasteiger partial charge in [0.25, 0.3) is 0 Å². The molecule has 1 aromatic heterocycles. The lowest BCUT2D eigenvalue weighted by molar-refractivity contribution is 0.0362. The molecule has 3 heterocycles. The normalized spacial score (nSPS) is 17.9. The van der Waals surface area contributed by atoms with Crippen LogP contribution in [0.3, 0.4) is 0 Å². The Morgan fingerprint density at radius 1 is 0.879 bits per heavy atom. The van der Waals surface area contributed by atoms with E-state index in [4.69, 9.17) is 9.47 Å². The van der Waals surface area contributed by atoms with Crippen LogP contribution >= 0.6 is 0 Å². The zero-order valence-electron chi connectivity index (χ0n) is 18.4. The summed E-state index contributed by atoms with van der Waals surface area (Å²) in [6.45, 7) is 4.99. The first-order valence-electron chi connectivity index (χ1n) is 11.5. The molecular weight excluding hydrogens is 412 g/mol. The maximum atomic E-state index is 9.17. The minimum absolute atomic E-state index is 0.119. The largest absolute Gasteiger partial charge is 0.438 e. The van der Waals surface area contributed by atoms with E-state index in [9.17, 15) is 5.41 Å². The van der Waals surface area contributed by atoms with Crippen LogP contribution in [0.25, 0.3) is 10.8 Å². The van der Waals surface area contributed by atoms with Crippen molar-refractivity contribution in [3.8, 4) is 11.6 Å². The number of rotatable bonds is 4. The van der Waals surface area contributed by atoms with E-state index in [0.717, 1.165) is 60.7 Å². The van der Waals surface area contributed by atoms with Gasteiger partial charge in [0, 0.05) is 37.7 Å². The summed E-state index contributed by atoms with van der Waals surface area (Å²) in [6.07, 6.45) is 1.75. The van der Waals surface area contributed by atoms with Crippen LogP contribution in [-0.4, -0.2) is 47.3 Å². The Labute approximate surface area is 192 Å². The van der Waals surface area contributed by atoms with Crippen molar-refractivity contribution in [1.82, 2.24) is 14.5 Å². The number of hydrogen-bond acceptors (Lipinski definition) is 5. The van der Waals surface area contributed by atoms with Gasteiger partial charge in [-0.15, -0.1) is 0 Å². The first-order valence-corrected chi connectivity index (χ1v) is 11.5. The summed E-state index contributed by atoms with van der Waals surface area (Å²) in [5.41, 5.74) is 3.53. The molecular formula is C27H26N4O2. The maximum Gasteiger partial charge on any atom is 0.228 e. The maximum absolute atomic E-state index is 9.17. The molecule has 6 nitrogen and oxygen atoms in total. The van der Waals surface area contributed by atoms with Crippen LogP contribution in [0, 0.1) is 5.41 Å². The number of aromatic nitrogens is 2. The summed E-state index contributed by atoms with van der Waals surface area (Å²) < 4.78 is 13.7. The molecule has 6 rings (SSSR count). The second-order valence-corrected chi connectivity index (χ2v) is 8.60. The van der Waals surface area contributed by atoms with Gasteiger partial charge in [0.2, 0.25) is 5.88 Å². The summed E-state index contributed by atoms with van der Waals surface area (Å²) in [4.78, 5) is 7.05. The van der Waals surface area contributed by atoms with Crippen LogP contribution in [0.4, 0.5) is 0 Å². The van der Waals surface area contributed by atoms with E-state index in [2.05, 4.69) is 64.5 Å². The topological polar surface area (TPSA) is 63.4 Å². The molecule has 6 heteroatoms. The van der Waals surface area contributed by atoms with E-state index in [0.29, 0.717) is 17.9 Å². The van der Waals surface area contributed by atoms with Crippen molar-refractivity contribution in [3.63, 3.8) is 0 Å². The molecule has 1 atom stereocenters. The number of nitrogens with zero attached hydrogens (tertiary/aromatic N) is 3. The number of hydrogen-bond donors (Lipinski definition) is 1. The van der Waals surface area contributed by atoms with E-state index < -0.39 is 0 Å². The van der Waals surface area contributed by atoms with Gasteiger partial charge < -0.3 is 14.0 Å². The summed E-state index contributed by atoms with van der Waals surface area (Å²) in [7, 11) is 0. The number of morpholine rings is 1. The quantitative estimate of drug-likeness (QED) is 0.458. The van der Waals surface area contributed by atoms with Gasteiger partial charge in [0.05, 0.1) is 18.8 Å². The van der Waals surface area contributed by atoms with Crippen molar-refractivity contribution >= 4 is 10.8 Å². The molecule has 3 aromatic carbocycles. The minimum atomic E-state index is -0.119. The first-order chi connectivity index (χ1) is 16.3. The lowest BCUT2D eigenvalue weighted by atomic mass is 9.81. The molecule has 0 amide bonds. The molecule has 2 aliphatic heterocycles. The molecule has 1 fully saturated rings. The van der Waals surface area contributed by atoms with Gasteiger partial charge in [-0.2, -0.15) is 0 Å². The number of nitrogens with one attached hydrogen (secondary N) is 1. The Balaban J connectivity index is 1.49. The summed E-state index contributed by atoms with van der Waals surface area (Å²) in [6, 6.07) is 22.9. The van der Waals surface area contributed by atoms with Crippen LogP contribution in [0.1, 0.15) is 22.6 Å². The fourth-order valence-corrected chi connectivity index (χ4v) is 4.98. The minimum Gasteiger partial charge on any atom is -0.438 e. The Hall–Kier alpha value is -3.48. The van der Waals surface area contributed by atoms with Crippen molar-refractivity contribution in [2.75, 3.05) is 32.8 Å². The Bertz CT molecular complexity index is 1360. The zero-order chi connectivity index (χ0) is 22.2. The Kier molecular flexibility index (Phi) is 5.17. The summed E-state index contributed by atoms with van der Waals surface area (Å²) >= 11 is 0. The highest BCUT2D eigenvalue weighted by Crippen LogP contribution is 2.47. The molecule has 0 radical (unpaired) electrons. The van der Waals surface area contributed by atoms with E-state index in [1.807, 2.05) is 16.7 Å². The van der Waals surface area contributed by atoms with E-state index in [1.165, 1.54) is 5.39 Å². The van der Waals surface area contributed by atoms with Gasteiger partial charge in [0.15, 0.2) is 0 Å². The first kappa shape index (κ1) is 20.1. The highest BCUT2D eigenvalue weighted by Gasteiger charge is 2.33. The smallest absolute Gasteiger partial charge is 0.228 e. The standard InChI is InChI=1S/C27H26N4O2/c28-26-25-23(20-7-2-1-3-8-20)24-21-9-5-4-6-19(21)10-11-22(24)33-27(25)29-18-31(26)13-12-30-14-16-32-17-15-30/h1-11,18,23,28H,12-17H2/t23-/m1/s1. The monoisotopic (exact) mass is 438 g/mol. The number of fused-ring (bicyclic) bond motifs is 4. The highest BCUT2D eigenvalue weighted by atomic mass is 16.5. The second-order valence-electron chi connectivity index (χ2n) is 8.60. The SMILES string of the molecule is N=c1c2c(ncn1CCN1CCOCC1)Oc1ccc3ccccc3c1[C@H]2c1ccccc1. The van der Waals surface area contributed by atoms with E-state index in [1.54, 1.807) is 6.33 Å². The van der Waals surface area contributed by atoms with Crippen molar-refractivity contribution in [3.05, 3.63) is 95.2 Å². The third-order valence-corrected chi connectivity index (χ3v) is 6.70. The number of benzene rings is 3. The Morgan fingerprint density at radius 3 is 2.52 bits per heavy atom. The van der Waals surface area contributed by atoms with Crippen LogP contribution in [-0.2, 0) is 11.3 Å². The van der Waals surface area contributed by atoms with Crippen molar-refractivity contribution < 1.29 is 9.47 Å². The van der Waals surface area contributed by atoms with Gasteiger partial charge in [-0.25, -0.2) is 4.98 Å². The van der Waals surface area contributed by atoms with Gasteiger partial charge >= 0.3 is 0 Å². The fraction of sp³-hybridized carbons (Fsp3) is 0.259. The summed E-state index contributed by atoms with van der Waals surface area (Å²) in [5.74, 6) is 1.22. The van der Waals surface area contributed by atoms with Gasteiger partial charge in [0.1, 0.15) is 17.6 Å². The van der Waals surface area contributed by atoms with E-state index >= 15 is 0 Å². The highest BCUT2D eigenvalue weighted by molar-refractivity contribution is 5.90. The molecule has 33 heavy (non-hydrogen) atoms. The predicted molar refractivity (Wildman–Crippen MR) is 127 cm³/mol. The van der Waals surface area contributed by atoms with Crippen LogP contribution in [0.2, 0.25) is 0 Å². The summed E-state index contributed by atoms with van der Waals surface area (Å²) in [5, 5.41) is 11.5. The van der Waals surface area contributed by atoms with Crippen molar-refractivity contribution in [1.29, 1.82) is 5.41 Å². The molecule has 1 saturated heterocycles. The van der Waals surface area contributed by atoms with Crippen LogP contribution in [0.5, 0.6) is 11.6 Å². The molecule has 0 aliphatic carbocycles. The lowest BCUT2D eigenvalue weighted by Gasteiger charge is -2.30. The molecule has 0 unspecified atom stereocenters. The van der Waals surface area contributed by atoms with Crippen LogP contribution < -0.4 is 10.2 Å². The predicted octanol–water partition coefficient (Wildman–Crippen LogP) is 4.13. The molecule has 0 spiro atoms. The molecule has 2 aliphatic rings. The van der Waals surface area contributed by atoms with E-state index in [-0.39, 0.29) is 5.92 Å². The molecule has 166 valence electrons. The average molecular weight is 439 g/mol. The molecule has 4 aromatic rings. The fourth-order valence-electron chi connectivity index (χ4n) is 4.98. The third kappa shape index (κ3) is 3.61. The third-order valence-electron chi connectivity index (χ3n) is 6.70. The Morgan fingerprint density at radius 2 is 1.67 bits per heavy atom. The van der Waals surface area contributed by atoms with Crippen LogP contribution in [0.15, 0.2) is 73.1 Å². The van der Waals surface area contributed by atoms with Crippen molar-refractivity contribution in [2.45, 2.75) is 12.5 Å². The molecule has 0 bridgehead atoms. The van der Waals surface area contributed by atoms with Gasteiger partial charge in [-0.1, -0.05) is 60.7 Å². The van der Waals surface area contributed by atoms with Gasteiger partial charge in [-0.05, 0) is 22.4 Å². The lowest BCUT2D eigenvalue weighted by Crippen LogP contribution is -2.40.